The Morgan fingerprint density at radius 2 is 1.77 bits per heavy atom. The summed E-state index contributed by atoms with van der Waals surface area (Å²) in [6.45, 7) is 10.2. The summed E-state index contributed by atoms with van der Waals surface area (Å²) < 4.78 is 0. The van der Waals surface area contributed by atoms with Gasteiger partial charge in [-0.15, -0.1) is 0 Å². The highest BCUT2D eigenvalue weighted by atomic mass is 35.5. The fraction of sp³-hybridized carbons (Fsp3) is 0.412. The van der Waals surface area contributed by atoms with Gasteiger partial charge >= 0.3 is 0 Å². The van der Waals surface area contributed by atoms with E-state index < -0.39 is 0 Å². The first-order valence-corrected chi connectivity index (χ1v) is 7.92. The Kier molecular flexibility index (Phi) is 5.24. The van der Waals surface area contributed by atoms with Gasteiger partial charge in [0, 0.05) is 12.1 Å². The smallest absolute Gasteiger partial charge is 0.136 e. The lowest BCUT2D eigenvalue weighted by Gasteiger charge is -2.15. The number of benzene rings is 1. The first-order valence-electron chi connectivity index (χ1n) is 7.55. The van der Waals surface area contributed by atoms with Crippen LogP contribution in [-0.4, -0.2) is 16.0 Å². The molecule has 0 aliphatic rings. The SMILES string of the molecule is CCC(C)Nc1cc(Nc2c(C)cc(C)cc2Cl)nc(C)n1. The van der Waals surface area contributed by atoms with Gasteiger partial charge in [0.05, 0.1) is 10.7 Å². The molecule has 2 rings (SSSR count). The Labute approximate surface area is 137 Å². The van der Waals surface area contributed by atoms with Crippen LogP contribution in [0.25, 0.3) is 0 Å². The van der Waals surface area contributed by atoms with E-state index in [4.69, 9.17) is 11.6 Å². The molecule has 22 heavy (non-hydrogen) atoms. The Morgan fingerprint density at radius 1 is 1.09 bits per heavy atom. The van der Waals surface area contributed by atoms with Crippen molar-refractivity contribution < 1.29 is 0 Å². The fourth-order valence-electron chi connectivity index (χ4n) is 2.26. The van der Waals surface area contributed by atoms with Gasteiger partial charge in [-0.2, -0.15) is 0 Å². The van der Waals surface area contributed by atoms with E-state index in [-0.39, 0.29) is 0 Å². The lowest BCUT2D eigenvalue weighted by Crippen LogP contribution is -2.15. The fourth-order valence-corrected chi connectivity index (χ4v) is 2.63. The summed E-state index contributed by atoms with van der Waals surface area (Å²) in [7, 11) is 0. The van der Waals surface area contributed by atoms with Crippen LogP contribution in [0.2, 0.25) is 5.02 Å². The van der Waals surface area contributed by atoms with Gasteiger partial charge in [0.25, 0.3) is 0 Å². The molecule has 0 saturated carbocycles. The highest BCUT2D eigenvalue weighted by molar-refractivity contribution is 6.33. The lowest BCUT2D eigenvalue weighted by molar-refractivity contribution is 0.757. The molecular weight excluding hydrogens is 296 g/mol. The van der Waals surface area contributed by atoms with E-state index in [2.05, 4.69) is 40.5 Å². The third kappa shape index (κ3) is 4.10. The van der Waals surface area contributed by atoms with E-state index in [0.29, 0.717) is 11.1 Å². The van der Waals surface area contributed by atoms with Crippen molar-refractivity contribution in [1.29, 1.82) is 0 Å². The second-order valence-corrected chi connectivity index (χ2v) is 6.11. The molecule has 0 amide bonds. The van der Waals surface area contributed by atoms with Gasteiger partial charge in [-0.05, 0) is 51.3 Å². The van der Waals surface area contributed by atoms with Crippen molar-refractivity contribution in [3.8, 4) is 0 Å². The molecule has 2 aromatic rings. The van der Waals surface area contributed by atoms with Crippen molar-refractivity contribution in [1.82, 2.24) is 9.97 Å². The van der Waals surface area contributed by atoms with Crippen LogP contribution in [0.4, 0.5) is 17.3 Å². The molecule has 0 aliphatic carbocycles. The Morgan fingerprint density at radius 3 is 2.41 bits per heavy atom. The summed E-state index contributed by atoms with van der Waals surface area (Å²) in [5.74, 6) is 2.29. The summed E-state index contributed by atoms with van der Waals surface area (Å²) in [4.78, 5) is 8.87. The normalized spacial score (nSPS) is 12.1. The van der Waals surface area contributed by atoms with Crippen molar-refractivity contribution in [2.45, 2.75) is 47.1 Å². The average molecular weight is 319 g/mol. The van der Waals surface area contributed by atoms with Crippen molar-refractivity contribution in [2.75, 3.05) is 10.6 Å². The van der Waals surface area contributed by atoms with Gasteiger partial charge in [0.15, 0.2) is 0 Å². The molecule has 118 valence electrons. The van der Waals surface area contributed by atoms with E-state index in [9.17, 15) is 0 Å². The summed E-state index contributed by atoms with van der Waals surface area (Å²) in [6, 6.07) is 6.32. The van der Waals surface area contributed by atoms with Crippen LogP contribution in [0.15, 0.2) is 18.2 Å². The first-order chi connectivity index (χ1) is 10.4. The maximum absolute atomic E-state index is 6.35. The number of hydrogen-bond donors (Lipinski definition) is 2. The molecular formula is C17H23ClN4. The van der Waals surface area contributed by atoms with Crippen LogP contribution < -0.4 is 10.6 Å². The van der Waals surface area contributed by atoms with Gasteiger partial charge in [-0.25, -0.2) is 9.97 Å². The van der Waals surface area contributed by atoms with Crippen LogP contribution in [0.1, 0.15) is 37.2 Å². The third-order valence-electron chi connectivity index (χ3n) is 3.53. The number of anilines is 3. The lowest BCUT2D eigenvalue weighted by atomic mass is 10.1. The number of nitrogens with one attached hydrogen (secondary N) is 2. The number of nitrogens with zero attached hydrogens (tertiary/aromatic N) is 2. The monoisotopic (exact) mass is 318 g/mol. The number of halogens is 1. The Balaban J connectivity index is 2.30. The molecule has 1 atom stereocenters. The van der Waals surface area contributed by atoms with Gasteiger partial charge < -0.3 is 10.6 Å². The van der Waals surface area contributed by atoms with E-state index in [1.165, 1.54) is 0 Å². The van der Waals surface area contributed by atoms with Crippen LogP contribution in [-0.2, 0) is 0 Å². The second kappa shape index (κ2) is 6.97. The minimum atomic E-state index is 0.367. The van der Waals surface area contributed by atoms with Gasteiger partial charge in [0.1, 0.15) is 17.5 Å². The summed E-state index contributed by atoms with van der Waals surface area (Å²) in [5.41, 5.74) is 3.13. The van der Waals surface area contributed by atoms with E-state index in [1.807, 2.05) is 32.9 Å². The predicted molar refractivity (Wildman–Crippen MR) is 94.4 cm³/mol. The third-order valence-corrected chi connectivity index (χ3v) is 3.83. The summed E-state index contributed by atoms with van der Waals surface area (Å²) in [5, 5.41) is 7.39. The van der Waals surface area contributed by atoms with Crippen molar-refractivity contribution in [3.63, 3.8) is 0 Å². The van der Waals surface area contributed by atoms with Crippen LogP contribution >= 0.6 is 11.6 Å². The molecule has 1 heterocycles. The molecule has 0 fully saturated rings. The van der Waals surface area contributed by atoms with Gasteiger partial charge in [-0.3, -0.25) is 0 Å². The predicted octanol–water partition coefficient (Wildman–Crippen LogP) is 5.01. The molecule has 1 aromatic heterocycles. The zero-order valence-electron chi connectivity index (χ0n) is 13.8. The van der Waals surface area contributed by atoms with Crippen molar-refractivity contribution >= 4 is 28.9 Å². The molecule has 1 unspecified atom stereocenters. The number of aromatic nitrogens is 2. The molecule has 0 aliphatic heterocycles. The van der Waals surface area contributed by atoms with Crippen molar-refractivity contribution in [3.05, 3.63) is 40.2 Å². The topological polar surface area (TPSA) is 49.8 Å². The molecule has 1 aromatic carbocycles. The van der Waals surface area contributed by atoms with Crippen LogP contribution in [0.5, 0.6) is 0 Å². The van der Waals surface area contributed by atoms with E-state index >= 15 is 0 Å². The van der Waals surface area contributed by atoms with Gasteiger partial charge in [-0.1, -0.05) is 24.6 Å². The quantitative estimate of drug-likeness (QED) is 0.813. The maximum Gasteiger partial charge on any atom is 0.136 e. The molecule has 5 heteroatoms. The number of hydrogen-bond acceptors (Lipinski definition) is 4. The van der Waals surface area contributed by atoms with Gasteiger partial charge in [0.2, 0.25) is 0 Å². The van der Waals surface area contributed by atoms with E-state index in [0.717, 1.165) is 40.7 Å². The maximum atomic E-state index is 6.35. The zero-order valence-corrected chi connectivity index (χ0v) is 14.5. The van der Waals surface area contributed by atoms with Crippen LogP contribution in [0.3, 0.4) is 0 Å². The second-order valence-electron chi connectivity index (χ2n) is 5.70. The van der Waals surface area contributed by atoms with Crippen LogP contribution in [0, 0.1) is 20.8 Å². The average Bonchev–Trinajstić information content (AvgIpc) is 2.42. The highest BCUT2D eigenvalue weighted by Crippen LogP contribution is 2.30. The molecule has 0 saturated heterocycles. The summed E-state index contributed by atoms with van der Waals surface area (Å²) in [6.07, 6.45) is 1.04. The first kappa shape index (κ1) is 16.6. The Hall–Kier alpha value is -1.81. The zero-order chi connectivity index (χ0) is 16.3. The minimum Gasteiger partial charge on any atom is -0.367 e. The molecule has 4 nitrogen and oxygen atoms in total. The largest absolute Gasteiger partial charge is 0.367 e. The highest BCUT2D eigenvalue weighted by Gasteiger charge is 2.09. The van der Waals surface area contributed by atoms with Crippen molar-refractivity contribution in [2.24, 2.45) is 0 Å². The number of rotatable bonds is 5. The Bertz CT molecular complexity index is 647. The standard InChI is InChI=1S/C17H23ClN4/c1-6-12(4)19-15-9-16(21-13(5)20-15)22-17-11(3)7-10(2)8-14(17)18/h7-9,12H,6H2,1-5H3,(H2,19,20,21,22). The summed E-state index contributed by atoms with van der Waals surface area (Å²) >= 11 is 6.35. The molecule has 2 N–H and O–H groups in total. The van der Waals surface area contributed by atoms with E-state index in [1.54, 1.807) is 0 Å². The molecule has 0 spiro atoms. The number of aryl methyl sites for hydroxylation is 3. The molecule has 0 radical (unpaired) electrons. The molecule has 0 bridgehead atoms. The minimum absolute atomic E-state index is 0.367.